The van der Waals surface area contributed by atoms with Crippen LogP contribution in [0.15, 0.2) is 60.7 Å². The van der Waals surface area contributed by atoms with Crippen molar-refractivity contribution in [2.45, 2.75) is 19.9 Å². The molecule has 1 atom stereocenters. The van der Waals surface area contributed by atoms with Crippen molar-refractivity contribution in [3.8, 4) is 11.1 Å². The van der Waals surface area contributed by atoms with Gasteiger partial charge in [0.2, 0.25) is 5.91 Å². The summed E-state index contributed by atoms with van der Waals surface area (Å²) in [5.74, 6) is -1.35. The van der Waals surface area contributed by atoms with Gasteiger partial charge in [0.25, 0.3) is 0 Å². The average Bonchev–Trinajstić information content (AvgIpc) is 2.49. The summed E-state index contributed by atoms with van der Waals surface area (Å²) in [6.45, 7) is 2.68. The van der Waals surface area contributed by atoms with E-state index in [-0.39, 0.29) is 5.91 Å². The van der Waals surface area contributed by atoms with Crippen LogP contribution >= 0.6 is 0 Å². The Morgan fingerprint density at radius 1 is 0.905 bits per heavy atom. The highest BCUT2D eigenvalue weighted by atomic mass is 16.4. The molecule has 0 fully saturated rings. The molecule has 0 bridgehead atoms. The SMILES string of the molecule is CC(=O)N[C@H](C)C(=O)O.c1ccc(-c2ccccc2)cc1. The van der Waals surface area contributed by atoms with Gasteiger partial charge in [0.15, 0.2) is 0 Å². The second-order valence-electron chi connectivity index (χ2n) is 4.49. The van der Waals surface area contributed by atoms with Gasteiger partial charge in [0.05, 0.1) is 0 Å². The normalized spacial score (nSPS) is 10.8. The number of carbonyl (C=O) groups is 2. The van der Waals surface area contributed by atoms with Gasteiger partial charge in [-0.2, -0.15) is 0 Å². The van der Waals surface area contributed by atoms with E-state index < -0.39 is 12.0 Å². The molecule has 2 N–H and O–H groups in total. The maximum Gasteiger partial charge on any atom is 0.325 e. The zero-order chi connectivity index (χ0) is 15.7. The number of carboxylic acid groups (broad SMARTS) is 1. The van der Waals surface area contributed by atoms with E-state index in [9.17, 15) is 9.59 Å². The smallest absolute Gasteiger partial charge is 0.325 e. The Balaban J connectivity index is 0.000000222. The molecule has 0 radical (unpaired) electrons. The molecule has 0 aliphatic rings. The number of aliphatic carboxylic acids is 1. The predicted molar refractivity (Wildman–Crippen MR) is 82.8 cm³/mol. The van der Waals surface area contributed by atoms with Crippen LogP contribution in [0.2, 0.25) is 0 Å². The lowest BCUT2D eigenvalue weighted by Gasteiger charge is -2.04. The number of hydrogen-bond donors (Lipinski definition) is 2. The van der Waals surface area contributed by atoms with Crippen LogP contribution in [0.4, 0.5) is 0 Å². The first-order chi connectivity index (χ1) is 10.0. The zero-order valence-corrected chi connectivity index (χ0v) is 12.1. The lowest BCUT2D eigenvalue weighted by atomic mass is 10.1. The van der Waals surface area contributed by atoms with Crippen LogP contribution in [0, 0.1) is 0 Å². The number of amides is 1. The minimum absolute atomic E-state index is 0.329. The van der Waals surface area contributed by atoms with Gasteiger partial charge in [-0.15, -0.1) is 0 Å². The Morgan fingerprint density at radius 2 is 1.29 bits per heavy atom. The first-order valence-corrected chi connectivity index (χ1v) is 6.61. The number of carboxylic acids is 1. The summed E-state index contributed by atoms with van der Waals surface area (Å²) in [6, 6.07) is 20.0. The fourth-order valence-electron chi connectivity index (χ4n) is 1.63. The van der Waals surface area contributed by atoms with Crippen molar-refractivity contribution in [1.29, 1.82) is 0 Å². The molecule has 0 aliphatic heterocycles. The summed E-state index contributed by atoms with van der Waals surface area (Å²) < 4.78 is 0. The fourth-order valence-corrected chi connectivity index (χ4v) is 1.63. The third kappa shape index (κ3) is 6.38. The lowest BCUT2D eigenvalue weighted by molar-refractivity contribution is -0.140. The number of rotatable bonds is 3. The molecule has 110 valence electrons. The molecule has 0 saturated heterocycles. The molecule has 0 saturated carbocycles. The lowest BCUT2D eigenvalue weighted by Crippen LogP contribution is -2.36. The molecule has 4 heteroatoms. The monoisotopic (exact) mass is 285 g/mol. The molecule has 4 nitrogen and oxygen atoms in total. The van der Waals surface area contributed by atoms with Gasteiger partial charge in [0.1, 0.15) is 6.04 Å². The van der Waals surface area contributed by atoms with E-state index >= 15 is 0 Å². The number of benzene rings is 2. The van der Waals surface area contributed by atoms with Crippen LogP contribution in [0.3, 0.4) is 0 Å². The highest BCUT2D eigenvalue weighted by Gasteiger charge is 2.09. The van der Waals surface area contributed by atoms with Crippen molar-refractivity contribution >= 4 is 11.9 Å². The van der Waals surface area contributed by atoms with Crippen molar-refractivity contribution in [2.24, 2.45) is 0 Å². The van der Waals surface area contributed by atoms with Gasteiger partial charge < -0.3 is 10.4 Å². The maximum absolute atomic E-state index is 10.2. The first kappa shape index (κ1) is 16.4. The molecule has 1 amide bonds. The molecule has 0 aromatic heterocycles. The standard InChI is InChI=1S/C12H10.C5H9NO3/c1-3-7-11(8-4-1)12-9-5-2-6-10-12;1-3(5(8)9)6-4(2)7/h1-10H;3H,1-2H3,(H,6,7)(H,8,9)/t;3-/m.1/s1. The fraction of sp³-hybridized carbons (Fsp3) is 0.176. The third-order valence-electron chi connectivity index (χ3n) is 2.67. The van der Waals surface area contributed by atoms with Gasteiger partial charge in [-0.1, -0.05) is 60.7 Å². The van der Waals surface area contributed by atoms with E-state index in [1.54, 1.807) is 0 Å². The van der Waals surface area contributed by atoms with Crippen LogP contribution in [-0.2, 0) is 9.59 Å². The molecule has 2 aromatic carbocycles. The summed E-state index contributed by atoms with van der Waals surface area (Å²) in [6.07, 6.45) is 0. The maximum atomic E-state index is 10.2. The van der Waals surface area contributed by atoms with Crippen LogP contribution in [0.1, 0.15) is 13.8 Å². The molecule has 0 aliphatic carbocycles. The Hall–Kier alpha value is -2.62. The molecular formula is C17H19NO3. The van der Waals surface area contributed by atoms with Crippen molar-refractivity contribution < 1.29 is 14.7 Å². The van der Waals surface area contributed by atoms with Crippen molar-refractivity contribution in [3.05, 3.63) is 60.7 Å². The van der Waals surface area contributed by atoms with E-state index in [0.717, 1.165) is 0 Å². The van der Waals surface area contributed by atoms with Gasteiger partial charge >= 0.3 is 5.97 Å². The van der Waals surface area contributed by atoms with E-state index in [4.69, 9.17) is 5.11 Å². The number of carbonyl (C=O) groups excluding carboxylic acids is 1. The summed E-state index contributed by atoms with van der Waals surface area (Å²) in [5, 5.41) is 10.4. The third-order valence-corrected chi connectivity index (χ3v) is 2.67. The molecule has 21 heavy (non-hydrogen) atoms. The number of hydrogen-bond acceptors (Lipinski definition) is 2. The van der Waals surface area contributed by atoms with E-state index in [0.29, 0.717) is 0 Å². The van der Waals surface area contributed by atoms with E-state index in [1.807, 2.05) is 12.1 Å². The van der Waals surface area contributed by atoms with E-state index in [2.05, 4.69) is 53.8 Å². The second-order valence-corrected chi connectivity index (χ2v) is 4.49. The largest absolute Gasteiger partial charge is 0.480 e. The zero-order valence-electron chi connectivity index (χ0n) is 12.1. The van der Waals surface area contributed by atoms with Crippen LogP contribution in [0.5, 0.6) is 0 Å². The van der Waals surface area contributed by atoms with Crippen LogP contribution in [0.25, 0.3) is 11.1 Å². The minimum atomic E-state index is -1.02. The van der Waals surface area contributed by atoms with Crippen molar-refractivity contribution in [3.63, 3.8) is 0 Å². The van der Waals surface area contributed by atoms with E-state index in [1.165, 1.54) is 25.0 Å². The Labute approximate surface area is 124 Å². The summed E-state index contributed by atoms with van der Waals surface area (Å²) in [4.78, 5) is 20.2. The number of nitrogens with one attached hydrogen (secondary N) is 1. The average molecular weight is 285 g/mol. The minimum Gasteiger partial charge on any atom is -0.480 e. The van der Waals surface area contributed by atoms with Crippen molar-refractivity contribution in [2.75, 3.05) is 0 Å². The second kappa shape index (κ2) is 8.53. The molecule has 0 heterocycles. The Kier molecular flexibility index (Phi) is 6.68. The van der Waals surface area contributed by atoms with Crippen LogP contribution in [-0.4, -0.2) is 23.0 Å². The molecule has 0 unspecified atom stereocenters. The first-order valence-electron chi connectivity index (χ1n) is 6.61. The van der Waals surface area contributed by atoms with Gasteiger partial charge in [0, 0.05) is 6.92 Å². The van der Waals surface area contributed by atoms with Gasteiger partial charge in [-0.25, -0.2) is 0 Å². The highest BCUT2D eigenvalue weighted by molar-refractivity contribution is 5.81. The van der Waals surface area contributed by atoms with Gasteiger partial charge in [-0.3, -0.25) is 9.59 Å². The molecule has 2 aromatic rings. The molecular weight excluding hydrogens is 266 g/mol. The Morgan fingerprint density at radius 3 is 1.52 bits per heavy atom. The van der Waals surface area contributed by atoms with Crippen molar-refractivity contribution in [1.82, 2.24) is 5.32 Å². The Bertz CT molecular complexity index is 530. The summed E-state index contributed by atoms with van der Waals surface area (Å²) >= 11 is 0. The highest BCUT2D eigenvalue weighted by Crippen LogP contribution is 2.17. The van der Waals surface area contributed by atoms with Gasteiger partial charge in [-0.05, 0) is 18.1 Å². The topological polar surface area (TPSA) is 66.4 Å². The predicted octanol–water partition coefficient (Wildman–Crippen LogP) is 2.95. The quantitative estimate of drug-likeness (QED) is 0.911. The molecule has 2 rings (SSSR count). The summed E-state index contributed by atoms with van der Waals surface area (Å²) in [5.41, 5.74) is 2.55. The molecule has 0 spiro atoms. The summed E-state index contributed by atoms with van der Waals surface area (Å²) in [7, 11) is 0. The van der Waals surface area contributed by atoms with Crippen LogP contribution < -0.4 is 5.32 Å².